The molecule has 0 unspecified atom stereocenters. The summed E-state index contributed by atoms with van der Waals surface area (Å²) in [5.41, 5.74) is 0. The van der Waals surface area contributed by atoms with E-state index in [-0.39, 0.29) is 12.2 Å². The van der Waals surface area contributed by atoms with Crippen LogP contribution in [-0.4, -0.2) is 56.6 Å². The summed E-state index contributed by atoms with van der Waals surface area (Å²) in [6.07, 6.45) is -0.883. The number of ether oxygens (including phenoxy) is 1. The van der Waals surface area contributed by atoms with Gasteiger partial charge in [0.15, 0.2) is 11.6 Å². The van der Waals surface area contributed by atoms with E-state index in [1.807, 2.05) is 4.90 Å². The van der Waals surface area contributed by atoms with Gasteiger partial charge in [0.05, 0.1) is 18.5 Å². The first-order chi connectivity index (χ1) is 13.6. The van der Waals surface area contributed by atoms with Gasteiger partial charge in [0.1, 0.15) is 6.10 Å². The highest BCUT2D eigenvalue weighted by molar-refractivity contribution is 5.73. The van der Waals surface area contributed by atoms with Crippen LogP contribution in [0.3, 0.4) is 0 Å². The summed E-state index contributed by atoms with van der Waals surface area (Å²) in [4.78, 5) is 23.3. The summed E-state index contributed by atoms with van der Waals surface area (Å²) in [6, 6.07) is 0. The van der Waals surface area contributed by atoms with E-state index in [9.17, 15) is 17.6 Å². The maximum absolute atomic E-state index is 12.9. The third-order valence-electron chi connectivity index (χ3n) is 4.50. The summed E-state index contributed by atoms with van der Waals surface area (Å²) < 4.78 is 55.9. The summed E-state index contributed by atoms with van der Waals surface area (Å²) in [5.74, 6) is -1.00. The Morgan fingerprint density at radius 1 is 1.31 bits per heavy atom. The Labute approximate surface area is 161 Å². The molecule has 4 heterocycles. The fourth-order valence-corrected chi connectivity index (χ4v) is 3.18. The molecule has 2 aromatic heterocycles. The van der Waals surface area contributed by atoms with Crippen LogP contribution < -0.4 is 4.90 Å². The van der Waals surface area contributed by atoms with E-state index in [1.165, 1.54) is 12.4 Å². The van der Waals surface area contributed by atoms with Gasteiger partial charge in [-0.1, -0.05) is 5.16 Å². The van der Waals surface area contributed by atoms with E-state index < -0.39 is 18.0 Å². The van der Waals surface area contributed by atoms with Crippen LogP contribution in [0.1, 0.15) is 30.7 Å². The monoisotopic (exact) mass is 419 g/mol. The van der Waals surface area contributed by atoms with Crippen molar-refractivity contribution in [3.63, 3.8) is 0 Å². The second kappa shape index (κ2) is 8.27. The number of hydrogen-bond acceptors (Lipinski definition) is 8. The summed E-state index contributed by atoms with van der Waals surface area (Å²) in [7, 11) is 0. The van der Waals surface area contributed by atoms with Crippen molar-refractivity contribution in [1.29, 1.82) is 0 Å². The summed E-state index contributed by atoms with van der Waals surface area (Å²) in [6.45, 7) is 3.33. The number of carboxylic acid groups (broad SMARTS) is 1. The van der Waals surface area contributed by atoms with Crippen molar-refractivity contribution in [2.45, 2.75) is 38.1 Å². The Balaban J connectivity index is 0.000000298. The van der Waals surface area contributed by atoms with Gasteiger partial charge in [0.25, 0.3) is 5.89 Å². The molecule has 0 aliphatic carbocycles. The number of carboxylic acids is 1. The number of anilines is 1. The molecule has 0 amide bonds. The highest BCUT2D eigenvalue weighted by atomic mass is 19.4. The van der Waals surface area contributed by atoms with E-state index in [0.29, 0.717) is 30.1 Å². The second-order valence-electron chi connectivity index (χ2n) is 6.58. The lowest BCUT2D eigenvalue weighted by atomic mass is 9.92. The van der Waals surface area contributed by atoms with E-state index in [1.54, 1.807) is 6.92 Å². The number of carbonyl (C=O) groups is 1. The first-order valence-electron chi connectivity index (χ1n) is 8.61. The van der Waals surface area contributed by atoms with Crippen molar-refractivity contribution in [1.82, 2.24) is 20.1 Å². The van der Waals surface area contributed by atoms with Crippen molar-refractivity contribution in [2.24, 2.45) is 5.92 Å². The third-order valence-corrected chi connectivity index (χ3v) is 4.50. The number of alkyl halides is 3. The van der Waals surface area contributed by atoms with Crippen LogP contribution in [0.4, 0.5) is 23.5 Å². The fraction of sp³-hybridized carbons (Fsp3) is 0.562. The van der Waals surface area contributed by atoms with Crippen LogP contribution in [0.15, 0.2) is 16.9 Å². The number of hydrogen-bond donors (Lipinski definition) is 1. The number of aromatic nitrogens is 4. The Morgan fingerprint density at radius 3 is 2.52 bits per heavy atom. The smallest absolute Gasteiger partial charge is 0.475 e. The molecular weight excluding hydrogens is 402 g/mol. The average Bonchev–Trinajstić information content (AvgIpc) is 3.27. The van der Waals surface area contributed by atoms with Crippen LogP contribution >= 0.6 is 0 Å². The van der Waals surface area contributed by atoms with Gasteiger partial charge in [-0.2, -0.15) is 18.2 Å². The van der Waals surface area contributed by atoms with Crippen molar-refractivity contribution in [2.75, 3.05) is 18.0 Å². The zero-order valence-electron chi connectivity index (χ0n) is 15.1. The summed E-state index contributed by atoms with van der Waals surface area (Å²) in [5, 5.41) is 10.9. The van der Waals surface area contributed by atoms with Crippen LogP contribution in [0.2, 0.25) is 0 Å². The first-order valence-corrected chi connectivity index (χ1v) is 8.61. The molecule has 1 N–H and O–H groups in total. The van der Waals surface area contributed by atoms with Crippen LogP contribution in [0.25, 0.3) is 0 Å². The quantitative estimate of drug-likeness (QED) is 0.732. The molecule has 0 saturated carbocycles. The molecule has 3 atom stereocenters. The highest BCUT2D eigenvalue weighted by Gasteiger charge is 2.42. The lowest BCUT2D eigenvalue weighted by Crippen LogP contribution is -2.43. The number of rotatable bonds is 2. The first kappa shape index (κ1) is 20.9. The zero-order chi connectivity index (χ0) is 21.2. The standard InChI is InChI=1S/C14H16FN5O2.C2HF3O2/c1-8-18-13(22-19-8)11-4-9-2-3-20(7-12(9)21-11)14-16-5-10(15)6-17-14;3-2(4,5)1(6)7/h5-6,9,11-12H,2-4,7H2,1H3;(H,6,7)/t9-,11-,12+;/m0./s1. The molecule has 2 aliphatic heterocycles. The van der Waals surface area contributed by atoms with Gasteiger partial charge in [0, 0.05) is 13.1 Å². The Morgan fingerprint density at radius 2 is 1.97 bits per heavy atom. The number of fused-ring (bicyclic) bond motifs is 1. The number of halogens is 4. The van der Waals surface area contributed by atoms with Crippen molar-refractivity contribution in [3.8, 4) is 0 Å². The Kier molecular flexibility index (Phi) is 5.96. The number of aryl methyl sites for hydroxylation is 1. The van der Waals surface area contributed by atoms with Crippen LogP contribution in [-0.2, 0) is 9.53 Å². The summed E-state index contributed by atoms with van der Waals surface area (Å²) >= 11 is 0. The minimum Gasteiger partial charge on any atom is -0.475 e. The average molecular weight is 419 g/mol. The van der Waals surface area contributed by atoms with E-state index >= 15 is 0 Å². The minimum absolute atomic E-state index is 0.0830. The number of nitrogens with zero attached hydrogens (tertiary/aromatic N) is 5. The lowest BCUT2D eigenvalue weighted by molar-refractivity contribution is -0.192. The molecule has 2 aliphatic rings. The fourth-order valence-electron chi connectivity index (χ4n) is 3.18. The molecule has 13 heteroatoms. The highest BCUT2D eigenvalue weighted by Crippen LogP contribution is 2.40. The molecule has 2 aromatic rings. The maximum Gasteiger partial charge on any atom is 0.490 e. The number of piperidine rings is 1. The van der Waals surface area contributed by atoms with Crippen molar-refractivity contribution >= 4 is 11.9 Å². The lowest BCUT2D eigenvalue weighted by Gasteiger charge is -2.33. The van der Waals surface area contributed by atoms with Gasteiger partial charge in [-0.15, -0.1) is 0 Å². The normalized spacial score (nSPS) is 23.9. The Hall–Kier alpha value is -2.83. The molecular formula is C16H17F4N5O4. The molecule has 0 spiro atoms. The maximum atomic E-state index is 12.9. The van der Waals surface area contributed by atoms with E-state index in [4.69, 9.17) is 19.2 Å². The van der Waals surface area contributed by atoms with Gasteiger partial charge < -0.3 is 19.3 Å². The molecule has 0 bridgehead atoms. The van der Waals surface area contributed by atoms with E-state index in [0.717, 1.165) is 19.4 Å². The molecule has 2 saturated heterocycles. The molecule has 9 nitrogen and oxygen atoms in total. The molecule has 158 valence electrons. The van der Waals surface area contributed by atoms with Crippen molar-refractivity contribution < 1.29 is 36.7 Å². The number of aliphatic carboxylic acids is 1. The predicted octanol–water partition coefficient (Wildman–Crippen LogP) is 2.30. The third kappa shape index (κ3) is 5.16. The van der Waals surface area contributed by atoms with Crippen LogP contribution in [0.5, 0.6) is 0 Å². The largest absolute Gasteiger partial charge is 0.490 e. The van der Waals surface area contributed by atoms with Gasteiger partial charge in [-0.25, -0.2) is 19.2 Å². The Bertz CT molecular complexity index is 845. The topological polar surface area (TPSA) is 114 Å². The van der Waals surface area contributed by atoms with Gasteiger partial charge in [-0.05, 0) is 25.7 Å². The van der Waals surface area contributed by atoms with Gasteiger partial charge >= 0.3 is 12.1 Å². The van der Waals surface area contributed by atoms with E-state index in [2.05, 4.69) is 20.1 Å². The zero-order valence-corrected chi connectivity index (χ0v) is 15.1. The molecule has 4 rings (SSSR count). The SMILES string of the molecule is Cc1noc([C@@H]2C[C@@H]3CCN(c4ncc(F)cn4)C[C@H]3O2)n1.O=C(O)C(F)(F)F. The molecule has 0 radical (unpaired) electrons. The molecule has 2 fully saturated rings. The van der Waals surface area contributed by atoms with Crippen molar-refractivity contribution in [3.05, 3.63) is 29.9 Å². The molecule has 29 heavy (non-hydrogen) atoms. The van der Waals surface area contributed by atoms with Crippen LogP contribution in [0, 0.1) is 18.7 Å². The van der Waals surface area contributed by atoms with Gasteiger partial charge in [-0.3, -0.25) is 0 Å². The minimum atomic E-state index is -5.08. The van der Waals surface area contributed by atoms with Gasteiger partial charge in [0.2, 0.25) is 5.95 Å². The molecule has 0 aromatic carbocycles. The predicted molar refractivity (Wildman–Crippen MR) is 87.3 cm³/mol. The second-order valence-corrected chi connectivity index (χ2v) is 6.58.